The Balaban J connectivity index is 1.51. The minimum Gasteiger partial charge on any atom is -0.396 e. The van der Waals surface area contributed by atoms with E-state index in [-0.39, 0.29) is 17.9 Å². The Morgan fingerprint density at radius 1 is 1.24 bits per heavy atom. The fraction of sp³-hybridized carbons (Fsp3) is 0.565. The van der Waals surface area contributed by atoms with E-state index in [0.717, 1.165) is 49.7 Å². The van der Waals surface area contributed by atoms with Crippen LogP contribution in [0, 0.1) is 25.2 Å². The first-order valence-corrected chi connectivity index (χ1v) is 10.7. The summed E-state index contributed by atoms with van der Waals surface area (Å²) >= 11 is 0. The van der Waals surface area contributed by atoms with Crippen LogP contribution in [0.4, 0.5) is 0 Å². The number of carbonyl (C=O) groups excluding carboxylic acids is 1. The van der Waals surface area contributed by atoms with Gasteiger partial charge in [0.25, 0.3) is 0 Å². The van der Waals surface area contributed by atoms with Crippen LogP contribution in [0.5, 0.6) is 0 Å². The molecule has 1 aromatic carbocycles. The van der Waals surface area contributed by atoms with E-state index in [1.165, 1.54) is 5.56 Å². The molecule has 29 heavy (non-hydrogen) atoms. The van der Waals surface area contributed by atoms with Crippen LogP contribution in [-0.2, 0) is 11.3 Å². The highest BCUT2D eigenvalue weighted by Crippen LogP contribution is 2.43. The fourth-order valence-electron chi connectivity index (χ4n) is 5.16. The summed E-state index contributed by atoms with van der Waals surface area (Å²) in [4.78, 5) is 16.8. The third-order valence-electron chi connectivity index (χ3n) is 6.58. The van der Waals surface area contributed by atoms with Gasteiger partial charge >= 0.3 is 0 Å². The summed E-state index contributed by atoms with van der Waals surface area (Å²) in [6, 6.07) is 10.5. The Morgan fingerprint density at radius 3 is 2.69 bits per heavy atom. The van der Waals surface area contributed by atoms with Gasteiger partial charge in [-0.05, 0) is 43.9 Å². The molecule has 0 aliphatic carbocycles. The molecule has 4 rings (SSSR count). The van der Waals surface area contributed by atoms with Gasteiger partial charge in [-0.15, -0.1) is 0 Å². The summed E-state index contributed by atoms with van der Waals surface area (Å²) < 4.78 is 2.02. The van der Waals surface area contributed by atoms with Crippen LogP contribution in [0.3, 0.4) is 0 Å². The highest BCUT2D eigenvalue weighted by atomic mass is 16.3. The van der Waals surface area contributed by atoms with E-state index < -0.39 is 0 Å². The second-order valence-electron chi connectivity index (χ2n) is 8.88. The van der Waals surface area contributed by atoms with E-state index in [2.05, 4.69) is 47.3 Å². The summed E-state index contributed by atoms with van der Waals surface area (Å²) in [7, 11) is 0. The maximum Gasteiger partial charge on any atom is 0.222 e. The zero-order valence-electron chi connectivity index (χ0n) is 17.8. The van der Waals surface area contributed by atoms with Crippen LogP contribution < -0.4 is 0 Å². The van der Waals surface area contributed by atoms with Gasteiger partial charge in [0.2, 0.25) is 5.91 Å². The number of carbonyl (C=O) groups is 1. The summed E-state index contributed by atoms with van der Waals surface area (Å²) in [5.41, 5.74) is 4.32. The van der Waals surface area contributed by atoms with Crippen molar-refractivity contribution in [1.29, 1.82) is 0 Å². The number of fused-ring (bicyclic) bond motifs is 1. The number of benzene rings is 1. The van der Waals surface area contributed by atoms with Gasteiger partial charge in [0.05, 0.1) is 18.0 Å². The minimum atomic E-state index is -0.184. The molecule has 3 heterocycles. The number of aromatic nitrogens is 2. The van der Waals surface area contributed by atoms with E-state index in [1.54, 1.807) is 0 Å². The van der Waals surface area contributed by atoms with Crippen LogP contribution in [0.25, 0.3) is 5.69 Å². The number of likely N-dealkylation sites (tertiary alicyclic amines) is 2. The molecule has 2 aromatic rings. The van der Waals surface area contributed by atoms with E-state index in [0.29, 0.717) is 18.9 Å². The average Bonchev–Trinajstić information content (AvgIpc) is 3.32. The molecule has 2 saturated heterocycles. The molecule has 1 amide bonds. The van der Waals surface area contributed by atoms with E-state index in [4.69, 9.17) is 0 Å². The molecular weight excluding hydrogens is 364 g/mol. The van der Waals surface area contributed by atoms with E-state index in [9.17, 15) is 9.90 Å². The SMILES string of the molecule is CCCC(=O)N1CC2CN(Cc3ccccc3-n3nc(C)cc3C)CC2(CO)C1. The maximum atomic E-state index is 12.4. The zero-order chi connectivity index (χ0) is 20.6. The molecule has 2 aliphatic rings. The maximum absolute atomic E-state index is 12.4. The number of amides is 1. The first-order chi connectivity index (χ1) is 14.0. The molecule has 156 valence electrons. The van der Waals surface area contributed by atoms with Crippen molar-refractivity contribution >= 4 is 5.91 Å². The highest BCUT2D eigenvalue weighted by molar-refractivity contribution is 5.76. The molecule has 1 aromatic heterocycles. The molecule has 2 fully saturated rings. The van der Waals surface area contributed by atoms with Gasteiger partial charge in [0.15, 0.2) is 0 Å². The summed E-state index contributed by atoms with van der Waals surface area (Å²) in [5.74, 6) is 0.574. The van der Waals surface area contributed by atoms with Crippen molar-refractivity contribution < 1.29 is 9.90 Å². The van der Waals surface area contributed by atoms with E-state index in [1.807, 2.05) is 23.4 Å². The smallest absolute Gasteiger partial charge is 0.222 e. The molecule has 0 spiro atoms. The number of aliphatic hydroxyl groups excluding tert-OH is 1. The number of hydrogen-bond acceptors (Lipinski definition) is 4. The molecule has 6 nitrogen and oxygen atoms in total. The van der Waals surface area contributed by atoms with Gasteiger partial charge in [-0.2, -0.15) is 5.10 Å². The van der Waals surface area contributed by atoms with Crippen molar-refractivity contribution in [1.82, 2.24) is 19.6 Å². The van der Waals surface area contributed by atoms with Gasteiger partial charge in [0.1, 0.15) is 0 Å². The lowest BCUT2D eigenvalue weighted by Gasteiger charge is -2.27. The third kappa shape index (κ3) is 3.71. The topological polar surface area (TPSA) is 61.6 Å². The average molecular weight is 397 g/mol. The molecule has 0 radical (unpaired) electrons. The van der Waals surface area contributed by atoms with Crippen molar-refractivity contribution in [3.05, 3.63) is 47.3 Å². The Morgan fingerprint density at radius 2 is 2.03 bits per heavy atom. The van der Waals surface area contributed by atoms with Crippen LogP contribution in [-0.4, -0.2) is 63.4 Å². The standard InChI is InChI=1S/C23H32N4O2/c1-4-7-22(29)26-13-20-12-25(14-23(20,15-26)16-28)11-19-8-5-6-9-21(19)27-18(3)10-17(2)24-27/h5-6,8-10,20,28H,4,7,11-16H2,1-3H3. The largest absolute Gasteiger partial charge is 0.396 e. The van der Waals surface area contributed by atoms with Gasteiger partial charge in [-0.3, -0.25) is 9.69 Å². The third-order valence-corrected chi connectivity index (χ3v) is 6.58. The van der Waals surface area contributed by atoms with Gasteiger partial charge in [-0.25, -0.2) is 4.68 Å². The van der Waals surface area contributed by atoms with Gasteiger partial charge in [-0.1, -0.05) is 25.1 Å². The number of aryl methyl sites for hydroxylation is 2. The van der Waals surface area contributed by atoms with Crippen LogP contribution in [0.15, 0.2) is 30.3 Å². The van der Waals surface area contributed by atoms with Crippen LogP contribution in [0.1, 0.15) is 36.7 Å². The zero-order valence-corrected chi connectivity index (χ0v) is 17.8. The monoisotopic (exact) mass is 396 g/mol. The quantitative estimate of drug-likeness (QED) is 0.815. The summed E-state index contributed by atoms with van der Waals surface area (Å²) in [5, 5.41) is 14.9. The number of para-hydroxylation sites is 1. The molecule has 1 N–H and O–H groups in total. The number of nitrogens with zero attached hydrogens (tertiary/aromatic N) is 4. The normalized spacial score (nSPS) is 24.3. The van der Waals surface area contributed by atoms with E-state index >= 15 is 0 Å². The summed E-state index contributed by atoms with van der Waals surface area (Å²) in [6.45, 7) is 10.3. The van der Waals surface area contributed by atoms with Crippen molar-refractivity contribution in [3.8, 4) is 5.69 Å². The molecular formula is C23H32N4O2. The van der Waals surface area contributed by atoms with Crippen molar-refractivity contribution in [2.75, 3.05) is 32.8 Å². The second kappa shape index (κ2) is 7.92. The fourth-order valence-corrected chi connectivity index (χ4v) is 5.16. The predicted octanol–water partition coefficient (Wildman–Crippen LogP) is 2.54. The van der Waals surface area contributed by atoms with Crippen molar-refractivity contribution in [2.24, 2.45) is 11.3 Å². The van der Waals surface area contributed by atoms with Gasteiger partial charge < -0.3 is 10.0 Å². The molecule has 6 heteroatoms. The second-order valence-corrected chi connectivity index (χ2v) is 8.88. The molecule has 0 bridgehead atoms. The Kier molecular flexibility index (Phi) is 5.49. The minimum absolute atomic E-state index is 0.142. The number of aliphatic hydroxyl groups is 1. The van der Waals surface area contributed by atoms with Crippen molar-refractivity contribution in [2.45, 2.75) is 40.2 Å². The Bertz CT molecular complexity index is 893. The Labute approximate surface area is 173 Å². The highest BCUT2D eigenvalue weighted by Gasteiger charge is 2.52. The summed E-state index contributed by atoms with van der Waals surface area (Å²) in [6.07, 6.45) is 1.48. The first-order valence-electron chi connectivity index (χ1n) is 10.7. The first kappa shape index (κ1) is 20.1. The molecule has 2 unspecified atom stereocenters. The lowest BCUT2D eigenvalue weighted by Crippen LogP contribution is -2.38. The lowest BCUT2D eigenvalue weighted by molar-refractivity contribution is -0.130. The Hall–Kier alpha value is -2.18. The predicted molar refractivity (Wildman–Crippen MR) is 113 cm³/mol. The lowest BCUT2D eigenvalue weighted by atomic mass is 9.82. The molecule has 2 aliphatic heterocycles. The number of hydrogen-bond donors (Lipinski definition) is 1. The van der Waals surface area contributed by atoms with Crippen molar-refractivity contribution in [3.63, 3.8) is 0 Å². The molecule has 0 saturated carbocycles. The number of rotatable bonds is 6. The van der Waals surface area contributed by atoms with Gasteiger partial charge in [0, 0.05) is 50.3 Å². The molecule has 2 atom stereocenters. The van der Waals surface area contributed by atoms with Crippen LogP contribution in [0.2, 0.25) is 0 Å². The van der Waals surface area contributed by atoms with Crippen LogP contribution >= 0.6 is 0 Å².